The van der Waals surface area contributed by atoms with E-state index >= 15 is 0 Å². The first kappa shape index (κ1) is 23.7. The molecular formula is C20H28BrIN4O. The number of aliphatic imine (C=N–C) groups is 1. The number of benzene rings is 1. The van der Waals surface area contributed by atoms with E-state index in [-0.39, 0.29) is 29.5 Å². The molecule has 0 amide bonds. The van der Waals surface area contributed by atoms with Gasteiger partial charge in [-0.1, -0.05) is 34.1 Å². The fourth-order valence-corrected chi connectivity index (χ4v) is 2.90. The minimum absolute atomic E-state index is 0. The molecule has 1 heterocycles. The molecule has 0 radical (unpaired) electrons. The van der Waals surface area contributed by atoms with Gasteiger partial charge >= 0.3 is 0 Å². The molecule has 0 saturated carbocycles. The second-order valence-corrected chi connectivity index (χ2v) is 7.07. The number of pyridine rings is 1. The van der Waals surface area contributed by atoms with Gasteiger partial charge in [0.05, 0.1) is 0 Å². The zero-order chi connectivity index (χ0) is 18.8. The van der Waals surface area contributed by atoms with Crippen LogP contribution in [0, 0.1) is 0 Å². The van der Waals surface area contributed by atoms with Crippen molar-refractivity contribution in [1.29, 1.82) is 0 Å². The number of rotatable bonds is 8. The van der Waals surface area contributed by atoms with E-state index < -0.39 is 0 Å². The average Bonchev–Trinajstić information content (AvgIpc) is 2.64. The van der Waals surface area contributed by atoms with Crippen LogP contribution in [-0.2, 0) is 13.1 Å². The fraction of sp³-hybridized carbons (Fsp3) is 0.400. The Morgan fingerprint density at radius 2 is 1.93 bits per heavy atom. The van der Waals surface area contributed by atoms with Crippen molar-refractivity contribution in [3.8, 4) is 0 Å². The smallest absolute Gasteiger partial charge is 0.250 e. The summed E-state index contributed by atoms with van der Waals surface area (Å²) in [5.41, 5.74) is 1.29. The molecule has 0 aliphatic rings. The lowest BCUT2D eigenvalue weighted by Gasteiger charge is -2.22. The monoisotopic (exact) mass is 546 g/mol. The predicted octanol–water partition coefficient (Wildman–Crippen LogP) is 4.11. The summed E-state index contributed by atoms with van der Waals surface area (Å²) < 4.78 is 2.83. The van der Waals surface area contributed by atoms with Crippen molar-refractivity contribution >= 4 is 45.9 Å². The maximum absolute atomic E-state index is 11.7. The first-order valence-corrected chi connectivity index (χ1v) is 9.79. The fourth-order valence-electron chi connectivity index (χ4n) is 2.63. The summed E-state index contributed by atoms with van der Waals surface area (Å²) >= 11 is 3.46. The van der Waals surface area contributed by atoms with Crippen molar-refractivity contribution in [3.63, 3.8) is 0 Å². The standard InChI is InChI=1S/C20H27BrN4O.HI/c1-3-22-20(24(2)16-17-9-11-18(21)12-10-17)23-13-5-7-15-25-14-6-4-8-19(25)26;/h4,6,8-12,14H,3,5,7,13,15-16H2,1-2H3,(H,22,23);1H. The second kappa shape index (κ2) is 12.9. The van der Waals surface area contributed by atoms with Gasteiger partial charge in [0, 0.05) is 50.0 Å². The van der Waals surface area contributed by atoms with Crippen molar-refractivity contribution in [2.24, 2.45) is 4.99 Å². The molecule has 0 aliphatic carbocycles. The molecule has 0 spiro atoms. The zero-order valence-corrected chi connectivity index (χ0v) is 19.8. The van der Waals surface area contributed by atoms with Crippen LogP contribution < -0.4 is 10.9 Å². The Bertz CT molecular complexity index is 761. The maximum Gasteiger partial charge on any atom is 0.250 e. The highest BCUT2D eigenvalue weighted by molar-refractivity contribution is 14.0. The Morgan fingerprint density at radius 1 is 1.19 bits per heavy atom. The summed E-state index contributed by atoms with van der Waals surface area (Å²) in [6.07, 6.45) is 3.72. The first-order chi connectivity index (χ1) is 12.6. The third-order valence-corrected chi connectivity index (χ3v) is 4.53. The van der Waals surface area contributed by atoms with Crippen molar-refractivity contribution in [2.45, 2.75) is 32.9 Å². The van der Waals surface area contributed by atoms with E-state index in [0.717, 1.165) is 49.5 Å². The highest BCUT2D eigenvalue weighted by Crippen LogP contribution is 2.11. The van der Waals surface area contributed by atoms with E-state index in [2.05, 4.69) is 57.3 Å². The van der Waals surface area contributed by atoms with E-state index in [1.54, 1.807) is 16.7 Å². The van der Waals surface area contributed by atoms with Gasteiger partial charge in [0.2, 0.25) is 5.56 Å². The van der Waals surface area contributed by atoms with Gasteiger partial charge in [-0.05, 0) is 43.5 Å². The number of hydrogen-bond donors (Lipinski definition) is 1. The second-order valence-electron chi connectivity index (χ2n) is 6.16. The van der Waals surface area contributed by atoms with Gasteiger partial charge in [0.1, 0.15) is 0 Å². The minimum atomic E-state index is 0. The number of aryl methyl sites for hydroxylation is 1. The molecule has 0 unspecified atom stereocenters. The van der Waals surface area contributed by atoms with Crippen LogP contribution in [-0.4, -0.2) is 35.6 Å². The molecule has 1 N–H and O–H groups in total. The summed E-state index contributed by atoms with van der Waals surface area (Å²) in [5.74, 6) is 0.910. The highest BCUT2D eigenvalue weighted by atomic mass is 127. The van der Waals surface area contributed by atoms with Gasteiger partial charge in [-0.25, -0.2) is 0 Å². The lowest BCUT2D eigenvalue weighted by Crippen LogP contribution is -2.38. The zero-order valence-electron chi connectivity index (χ0n) is 15.9. The van der Waals surface area contributed by atoms with Gasteiger partial charge in [-0.15, -0.1) is 24.0 Å². The summed E-state index contributed by atoms with van der Waals surface area (Å²) in [5, 5.41) is 3.34. The van der Waals surface area contributed by atoms with E-state index in [1.807, 2.05) is 19.3 Å². The molecule has 27 heavy (non-hydrogen) atoms. The molecule has 7 heteroatoms. The number of unbranched alkanes of at least 4 members (excludes halogenated alkanes) is 1. The molecule has 1 aromatic heterocycles. The summed E-state index contributed by atoms with van der Waals surface area (Å²) in [6, 6.07) is 13.6. The topological polar surface area (TPSA) is 49.6 Å². The third-order valence-electron chi connectivity index (χ3n) is 4.00. The third kappa shape index (κ3) is 8.47. The number of hydrogen-bond acceptors (Lipinski definition) is 2. The molecule has 2 aromatic rings. The minimum Gasteiger partial charge on any atom is -0.357 e. The molecule has 148 valence electrons. The lowest BCUT2D eigenvalue weighted by atomic mass is 10.2. The molecule has 2 rings (SSSR count). The average molecular weight is 547 g/mol. The van der Waals surface area contributed by atoms with Crippen LogP contribution >= 0.6 is 39.9 Å². The van der Waals surface area contributed by atoms with Crippen LogP contribution in [0.4, 0.5) is 0 Å². The van der Waals surface area contributed by atoms with E-state index in [1.165, 1.54) is 5.56 Å². The molecule has 0 bridgehead atoms. The summed E-state index contributed by atoms with van der Waals surface area (Å²) in [4.78, 5) is 18.5. The van der Waals surface area contributed by atoms with Crippen LogP contribution in [0.25, 0.3) is 0 Å². The largest absolute Gasteiger partial charge is 0.357 e. The van der Waals surface area contributed by atoms with Gasteiger partial charge in [0.15, 0.2) is 5.96 Å². The number of halogens is 2. The van der Waals surface area contributed by atoms with Crippen molar-refractivity contribution < 1.29 is 0 Å². The van der Waals surface area contributed by atoms with Crippen molar-refractivity contribution in [1.82, 2.24) is 14.8 Å². The summed E-state index contributed by atoms with van der Waals surface area (Å²) in [6.45, 7) is 5.20. The van der Waals surface area contributed by atoms with Crippen LogP contribution in [0.5, 0.6) is 0 Å². The molecule has 0 saturated heterocycles. The van der Waals surface area contributed by atoms with Gasteiger partial charge in [-0.2, -0.15) is 0 Å². The lowest BCUT2D eigenvalue weighted by molar-refractivity contribution is 0.475. The van der Waals surface area contributed by atoms with Crippen LogP contribution in [0.2, 0.25) is 0 Å². The van der Waals surface area contributed by atoms with E-state index in [4.69, 9.17) is 4.99 Å². The molecule has 5 nitrogen and oxygen atoms in total. The molecular weight excluding hydrogens is 519 g/mol. The Balaban J connectivity index is 0.00000364. The quantitative estimate of drug-likeness (QED) is 0.235. The molecule has 0 aliphatic heterocycles. The Morgan fingerprint density at radius 3 is 2.59 bits per heavy atom. The number of guanidine groups is 1. The normalized spacial score (nSPS) is 11.0. The van der Waals surface area contributed by atoms with E-state index in [9.17, 15) is 4.79 Å². The van der Waals surface area contributed by atoms with Crippen molar-refractivity contribution in [3.05, 3.63) is 69.1 Å². The van der Waals surface area contributed by atoms with Gasteiger partial charge < -0.3 is 14.8 Å². The maximum atomic E-state index is 11.7. The SMILES string of the molecule is CCNC(=NCCCCn1ccccc1=O)N(C)Cc1ccc(Br)cc1.I. The number of nitrogens with zero attached hydrogens (tertiary/aromatic N) is 3. The highest BCUT2D eigenvalue weighted by Gasteiger charge is 2.06. The molecule has 0 atom stereocenters. The molecule has 1 aromatic carbocycles. The molecule has 0 fully saturated rings. The number of nitrogens with one attached hydrogen (secondary N) is 1. The van der Waals surface area contributed by atoms with Crippen molar-refractivity contribution in [2.75, 3.05) is 20.1 Å². The van der Waals surface area contributed by atoms with E-state index in [0.29, 0.717) is 0 Å². The first-order valence-electron chi connectivity index (χ1n) is 8.99. The van der Waals surface area contributed by atoms with Crippen LogP contribution in [0.15, 0.2) is 62.9 Å². The number of aromatic nitrogens is 1. The van der Waals surface area contributed by atoms with Crippen LogP contribution in [0.3, 0.4) is 0 Å². The Labute approximate surface area is 187 Å². The van der Waals surface area contributed by atoms with Crippen LogP contribution in [0.1, 0.15) is 25.3 Å². The Hall–Kier alpha value is -1.35. The van der Waals surface area contributed by atoms with Gasteiger partial charge in [0.25, 0.3) is 0 Å². The predicted molar refractivity (Wildman–Crippen MR) is 127 cm³/mol. The Kier molecular flexibility index (Phi) is 11.3. The van der Waals surface area contributed by atoms with Gasteiger partial charge in [-0.3, -0.25) is 9.79 Å². The summed E-state index contributed by atoms with van der Waals surface area (Å²) in [7, 11) is 2.05.